The van der Waals surface area contributed by atoms with Crippen molar-refractivity contribution in [2.45, 2.75) is 19.1 Å². The molecule has 0 radical (unpaired) electrons. The molecule has 1 heterocycles. The van der Waals surface area contributed by atoms with Gasteiger partial charge in [-0.3, -0.25) is 0 Å². The van der Waals surface area contributed by atoms with E-state index in [2.05, 4.69) is 9.69 Å². The second-order valence-electron chi connectivity index (χ2n) is 2.99. The Labute approximate surface area is 89.4 Å². The lowest BCUT2D eigenvalue weighted by Gasteiger charge is -2.13. The van der Waals surface area contributed by atoms with Gasteiger partial charge in [0, 0.05) is 17.0 Å². The summed E-state index contributed by atoms with van der Waals surface area (Å²) < 4.78 is 44.4. The zero-order chi connectivity index (χ0) is 11.5. The number of hydrogen-bond donors (Lipinski definition) is 1. The summed E-state index contributed by atoms with van der Waals surface area (Å²) in [6.45, 7) is 0.646. The number of nitrogens with zero attached hydrogens (tertiary/aromatic N) is 1. The largest absolute Gasteiger partial charge is 0.480 e. The van der Waals surface area contributed by atoms with E-state index in [1.807, 2.05) is 0 Å². The fraction of sp³-hybridized carbons (Fsp3) is 0.625. The molecule has 0 fully saturated rings. The first kappa shape index (κ1) is 12.3. The number of ether oxygens (including phenoxy) is 1. The van der Waals surface area contributed by atoms with Crippen LogP contribution < -0.4 is 10.1 Å². The molecular formula is C8H11F3N2OS. The van der Waals surface area contributed by atoms with E-state index in [1.54, 1.807) is 13.0 Å². The van der Waals surface area contributed by atoms with Crippen LogP contribution in [0.5, 0.6) is 5.88 Å². The quantitative estimate of drug-likeness (QED) is 0.877. The molecule has 0 saturated heterocycles. The second kappa shape index (κ2) is 4.80. The summed E-state index contributed by atoms with van der Waals surface area (Å²) >= 11 is 1.13. The Morgan fingerprint density at radius 3 is 2.73 bits per heavy atom. The van der Waals surface area contributed by atoms with E-state index in [-0.39, 0.29) is 6.04 Å². The van der Waals surface area contributed by atoms with Gasteiger partial charge in [-0.2, -0.15) is 17.5 Å². The van der Waals surface area contributed by atoms with Crippen LogP contribution in [0.3, 0.4) is 0 Å². The maximum Gasteiger partial charge on any atom is 0.401 e. The van der Waals surface area contributed by atoms with Crippen LogP contribution in [0.4, 0.5) is 13.2 Å². The third-order valence-electron chi connectivity index (χ3n) is 1.75. The molecule has 1 aromatic rings. The van der Waals surface area contributed by atoms with E-state index in [4.69, 9.17) is 4.74 Å². The summed E-state index contributed by atoms with van der Waals surface area (Å²) in [4.78, 5) is 0.719. The maximum atomic E-state index is 11.9. The van der Waals surface area contributed by atoms with Crippen molar-refractivity contribution in [1.82, 2.24) is 9.69 Å². The van der Waals surface area contributed by atoms with Gasteiger partial charge in [0.15, 0.2) is 0 Å². The summed E-state index contributed by atoms with van der Waals surface area (Å²) in [6, 6.07) is 1.24. The normalized spacial score (nSPS) is 13.9. The molecule has 1 aromatic heterocycles. The second-order valence-corrected chi connectivity index (χ2v) is 3.83. The SMILES string of the molecule is COc1cc(C(C)NCC(F)(F)F)sn1. The van der Waals surface area contributed by atoms with Gasteiger partial charge in [-0.25, -0.2) is 0 Å². The van der Waals surface area contributed by atoms with Crippen LogP contribution in [0.1, 0.15) is 17.8 Å². The predicted molar refractivity (Wildman–Crippen MR) is 51.1 cm³/mol. The van der Waals surface area contributed by atoms with Crippen LogP contribution in [-0.2, 0) is 0 Å². The molecule has 15 heavy (non-hydrogen) atoms. The summed E-state index contributed by atoms with van der Waals surface area (Å²) in [5.74, 6) is 0.427. The van der Waals surface area contributed by atoms with Crippen LogP contribution in [0.25, 0.3) is 0 Å². The summed E-state index contributed by atoms with van der Waals surface area (Å²) in [5.41, 5.74) is 0. The molecule has 0 bridgehead atoms. The molecule has 0 aliphatic heterocycles. The fourth-order valence-corrected chi connectivity index (χ4v) is 1.66. The van der Waals surface area contributed by atoms with E-state index in [9.17, 15) is 13.2 Å². The van der Waals surface area contributed by atoms with Crippen molar-refractivity contribution in [3.63, 3.8) is 0 Å². The van der Waals surface area contributed by atoms with Crippen molar-refractivity contribution in [2.75, 3.05) is 13.7 Å². The third kappa shape index (κ3) is 4.05. The summed E-state index contributed by atoms with van der Waals surface area (Å²) in [7, 11) is 1.46. The Balaban J connectivity index is 2.50. The Hall–Kier alpha value is -0.820. The smallest absolute Gasteiger partial charge is 0.401 e. The highest BCUT2D eigenvalue weighted by Gasteiger charge is 2.27. The molecule has 7 heteroatoms. The minimum atomic E-state index is -4.19. The van der Waals surface area contributed by atoms with Crippen LogP contribution in [0, 0.1) is 0 Å². The molecule has 0 aliphatic rings. The van der Waals surface area contributed by atoms with E-state index >= 15 is 0 Å². The Kier molecular flexibility index (Phi) is 3.92. The number of nitrogens with one attached hydrogen (secondary N) is 1. The average molecular weight is 240 g/mol. The lowest BCUT2D eigenvalue weighted by molar-refractivity contribution is -0.126. The van der Waals surface area contributed by atoms with Crippen molar-refractivity contribution in [3.05, 3.63) is 10.9 Å². The monoisotopic (exact) mass is 240 g/mol. The average Bonchev–Trinajstić information content (AvgIpc) is 2.61. The Bertz CT molecular complexity index is 313. The van der Waals surface area contributed by atoms with Crippen molar-refractivity contribution < 1.29 is 17.9 Å². The molecule has 0 spiro atoms. The number of alkyl halides is 3. The van der Waals surface area contributed by atoms with Crippen molar-refractivity contribution >= 4 is 11.5 Å². The predicted octanol–water partition coefficient (Wildman–Crippen LogP) is 2.36. The fourth-order valence-electron chi connectivity index (χ4n) is 0.942. The molecule has 3 nitrogen and oxygen atoms in total. The van der Waals surface area contributed by atoms with Gasteiger partial charge in [-0.15, -0.1) is 0 Å². The molecule has 0 aromatic carbocycles. The van der Waals surface area contributed by atoms with Crippen molar-refractivity contribution in [1.29, 1.82) is 0 Å². The highest BCUT2D eigenvalue weighted by atomic mass is 32.1. The number of halogens is 3. The highest BCUT2D eigenvalue weighted by Crippen LogP contribution is 2.23. The summed E-state index contributed by atoms with van der Waals surface area (Å²) in [6.07, 6.45) is -4.19. The van der Waals surface area contributed by atoms with Gasteiger partial charge < -0.3 is 10.1 Å². The number of aromatic nitrogens is 1. The molecule has 0 saturated carbocycles. The summed E-state index contributed by atoms with van der Waals surface area (Å²) in [5, 5.41) is 2.37. The van der Waals surface area contributed by atoms with Gasteiger partial charge in [-0.05, 0) is 18.5 Å². The zero-order valence-corrected chi connectivity index (χ0v) is 9.08. The van der Waals surface area contributed by atoms with Crippen LogP contribution in [-0.4, -0.2) is 24.2 Å². The minimum absolute atomic E-state index is 0.381. The Morgan fingerprint density at radius 1 is 1.60 bits per heavy atom. The van der Waals surface area contributed by atoms with E-state index in [0.717, 1.165) is 16.4 Å². The van der Waals surface area contributed by atoms with Crippen LogP contribution in [0.15, 0.2) is 6.07 Å². The van der Waals surface area contributed by atoms with E-state index < -0.39 is 12.7 Å². The standard InChI is InChI=1S/C8H11F3N2OS/c1-5(12-4-8(9,10)11)6-3-7(14-2)13-15-6/h3,5,12H,4H2,1-2H3. The van der Waals surface area contributed by atoms with Crippen molar-refractivity contribution in [2.24, 2.45) is 0 Å². The lowest BCUT2D eigenvalue weighted by atomic mass is 10.3. The molecule has 1 rings (SSSR count). The number of hydrogen-bond acceptors (Lipinski definition) is 4. The van der Waals surface area contributed by atoms with Gasteiger partial charge in [0.1, 0.15) is 0 Å². The molecule has 86 valence electrons. The first-order chi connectivity index (χ1) is 6.92. The topological polar surface area (TPSA) is 34.1 Å². The first-order valence-electron chi connectivity index (χ1n) is 4.23. The molecule has 1 unspecified atom stereocenters. The van der Waals surface area contributed by atoms with Gasteiger partial charge >= 0.3 is 6.18 Å². The molecule has 1 atom stereocenters. The van der Waals surface area contributed by atoms with E-state index in [0.29, 0.717) is 5.88 Å². The van der Waals surface area contributed by atoms with Crippen LogP contribution >= 0.6 is 11.5 Å². The van der Waals surface area contributed by atoms with Gasteiger partial charge in [0.2, 0.25) is 5.88 Å². The molecule has 0 amide bonds. The minimum Gasteiger partial charge on any atom is -0.480 e. The highest BCUT2D eigenvalue weighted by molar-refractivity contribution is 7.06. The lowest BCUT2D eigenvalue weighted by Crippen LogP contribution is -2.30. The Morgan fingerprint density at radius 2 is 2.27 bits per heavy atom. The maximum absolute atomic E-state index is 11.9. The molecular weight excluding hydrogens is 229 g/mol. The van der Waals surface area contributed by atoms with Crippen molar-refractivity contribution in [3.8, 4) is 5.88 Å². The number of methoxy groups -OCH3 is 1. The third-order valence-corrected chi connectivity index (χ3v) is 2.70. The number of rotatable bonds is 4. The van der Waals surface area contributed by atoms with Gasteiger partial charge in [0.25, 0.3) is 0 Å². The molecule has 1 N–H and O–H groups in total. The van der Waals surface area contributed by atoms with Gasteiger partial charge in [0.05, 0.1) is 13.7 Å². The first-order valence-corrected chi connectivity index (χ1v) is 5.00. The zero-order valence-electron chi connectivity index (χ0n) is 8.26. The van der Waals surface area contributed by atoms with E-state index in [1.165, 1.54) is 7.11 Å². The van der Waals surface area contributed by atoms with Gasteiger partial charge in [-0.1, -0.05) is 0 Å². The molecule has 0 aliphatic carbocycles. The van der Waals surface area contributed by atoms with Crippen LogP contribution in [0.2, 0.25) is 0 Å².